The summed E-state index contributed by atoms with van der Waals surface area (Å²) in [4.78, 5) is 21.9. The Labute approximate surface area is 184 Å². The molecule has 3 aromatic rings. The van der Waals surface area contributed by atoms with Gasteiger partial charge in [0.1, 0.15) is 24.3 Å². The maximum atomic E-state index is 14.9. The highest BCUT2D eigenvalue weighted by atomic mass is 19.1. The van der Waals surface area contributed by atoms with Crippen molar-refractivity contribution in [2.45, 2.75) is 18.8 Å². The molecule has 1 aliphatic rings. The molecule has 32 heavy (non-hydrogen) atoms. The molecule has 1 aliphatic heterocycles. The van der Waals surface area contributed by atoms with Crippen molar-refractivity contribution in [1.29, 1.82) is 0 Å². The number of benzene rings is 2. The number of carbonyl (C=O) groups excluding carboxylic acids is 1. The first kappa shape index (κ1) is 21.7. The molecule has 0 saturated carbocycles. The number of halogens is 2. The predicted molar refractivity (Wildman–Crippen MR) is 115 cm³/mol. The van der Waals surface area contributed by atoms with E-state index in [-0.39, 0.29) is 12.1 Å². The Morgan fingerprint density at radius 2 is 1.91 bits per heavy atom. The first-order valence-electron chi connectivity index (χ1n) is 10.1. The topological polar surface area (TPSA) is 77.7 Å². The maximum absolute atomic E-state index is 14.9. The van der Waals surface area contributed by atoms with E-state index in [0.29, 0.717) is 30.3 Å². The minimum Gasteiger partial charge on any atom is -0.378 e. The number of anilines is 2. The van der Waals surface area contributed by atoms with Gasteiger partial charge in [0.05, 0.1) is 16.8 Å². The number of aromatic nitrogens is 3. The summed E-state index contributed by atoms with van der Waals surface area (Å²) in [7, 11) is 5.29. The standard InChI is InChI=1S/C22H24F2N6O2/c1-27(2)16-6-7-17-20(12-16)28(3)22(32,18-8-5-15(23)11-19(18)24)30(21(17)31)10-4-9-29-14-25-13-26-29/h5-8,11-14,32H,4,9-10H2,1-3H3. The number of hydrogen-bond donors (Lipinski definition) is 1. The lowest BCUT2D eigenvalue weighted by Gasteiger charge is -2.50. The van der Waals surface area contributed by atoms with Gasteiger partial charge in [-0.15, -0.1) is 0 Å². The van der Waals surface area contributed by atoms with Crippen molar-refractivity contribution in [3.05, 3.63) is 71.8 Å². The summed E-state index contributed by atoms with van der Waals surface area (Å²) in [6.07, 6.45) is 3.38. The Kier molecular flexibility index (Phi) is 5.55. The Bertz CT molecular complexity index is 1140. The van der Waals surface area contributed by atoms with Crippen molar-refractivity contribution in [2.24, 2.45) is 0 Å². The SMILES string of the molecule is CN(C)c1ccc2c(c1)N(C)C(O)(c1ccc(F)cc1F)N(CCCn1cncn1)C2=O. The molecule has 1 N–H and O–H groups in total. The lowest BCUT2D eigenvalue weighted by atomic mass is 9.97. The van der Waals surface area contributed by atoms with Gasteiger partial charge < -0.3 is 14.9 Å². The van der Waals surface area contributed by atoms with Crippen LogP contribution in [0.4, 0.5) is 20.2 Å². The van der Waals surface area contributed by atoms with E-state index in [2.05, 4.69) is 10.1 Å². The second-order valence-electron chi connectivity index (χ2n) is 7.88. The van der Waals surface area contributed by atoms with E-state index in [1.807, 2.05) is 19.0 Å². The maximum Gasteiger partial charge on any atom is 0.259 e. The summed E-state index contributed by atoms with van der Waals surface area (Å²) in [5, 5.41) is 15.9. The van der Waals surface area contributed by atoms with E-state index in [4.69, 9.17) is 0 Å². The second kappa shape index (κ2) is 8.19. The molecule has 1 atom stereocenters. The van der Waals surface area contributed by atoms with Gasteiger partial charge in [0, 0.05) is 46.0 Å². The molecule has 10 heteroatoms. The zero-order chi connectivity index (χ0) is 23.0. The third kappa shape index (κ3) is 3.56. The lowest BCUT2D eigenvalue weighted by Crippen LogP contribution is -2.63. The molecule has 0 fully saturated rings. The minimum atomic E-state index is -2.16. The first-order chi connectivity index (χ1) is 15.2. The molecule has 2 heterocycles. The Hall–Kier alpha value is -3.53. The molecular weight excluding hydrogens is 418 g/mol. The van der Waals surface area contributed by atoms with Gasteiger partial charge in [-0.05, 0) is 36.8 Å². The number of aliphatic hydroxyl groups is 1. The fraction of sp³-hybridized carbons (Fsp3) is 0.318. The van der Waals surface area contributed by atoms with Crippen molar-refractivity contribution < 1.29 is 18.7 Å². The molecular formula is C22H24F2N6O2. The van der Waals surface area contributed by atoms with Gasteiger partial charge in [0.15, 0.2) is 0 Å². The van der Waals surface area contributed by atoms with Gasteiger partial charge >= 0.3 is 0 Å². The number of nitrogens with zero attached hydrogens (tertiary/aromatic N) is 6. The van der Waals surface area contributed by atoms with Crippen molar-refractivity contribution in [1.82, 2.24) is 19.7 Å². The third-order valence-electron chi connectivity index (χ3n) is 5.71. The molecule has 1 amide bonds. The smallest absolute Gasteiger partial charge is 0.259 e. The van der Waals surface area contributed by atoms with Gasteiger partial charge in [0.2, 0.25) is 0 Å². The Morgan fingerprint density at radius 3 is 2.56 bits per heavy atom. The Balaban J connectivity index is 1.80. The van der Waals surface area contributed by atoms with Gasteiger partial charge in [-0.25, -0.2) is 13.8 Å². The molecule has 8 nitrogen and oxygen atoms in total. The van der Waals surface area contributed by atoms with Crippen molar-refractivity contribution >= 4 is 17.3 Å². The van der Waals surface area contributed by atoms with Crippen molar-refractivity contribution in [3.63, 3.8) is 0 Å². The van der Waals surface area contributed by atoms with Gasteiger partial charge in [0.25, 0.3) is 11.8 Å². The minimum absolute atomic E-state index is 0.102. The molecule has 2 aromatic carbocycles. The van der Waals surface area contributed by atoms with Crippen LogP contribution in [0.5, 0.6) is 0 Å². The van der Waals surface area contributed by atoms with Gasteiger partial charge in [-0.3, -0.25) is 14.4 Å². The van der Waals surface area contributed by atoms with Gasteiger partial charge in [-0.2, -0.15) is 5.10 Å². The molecule has 0 bridgehead atoms. The molecule has 4 rings (SSSR count). The van der Waals surface area contributed by atoms with Crippen LogP contribution in [0.3, 0.4) is 0 Å². The van der Waals surface area contributed by atoms with Gasteiger partial charge in [-0.1, -0.05) is 0 Å². The highest BCUT2D eigenvalue weighted by Crippen LogP contribution is 2.43. The van der Waals surface area contributed by atoms with E-state index in [9.17, 15) is 18.7 Å². The number of rotatable bonds is 6. The van der Waals surface area contributed by atoms with Crippen LogP contribution in [0.15, 0.2) is 49.1 Å². The lowest BCUT2D eigenvalue weighted by molar-refractivity contribution is -0.0992. The van der Waals surface area contributed by atoms with E-state index >= 15 is 0 Å². The van der Waals surface area contributed by atoms with Crippen LogP contribution in [0.2, 0.25) is 0 Å². The zero-order valence-corrected chi connectivity index (χ0v) is 18.0. The highest BCUT2D eigenvalue weighted by Gasteiger charge is 2.50. The summed E-state index contributed by atoms with van der Waals surface area (Å²) < 4.78 is 30.1. The first-order valence-corrected chi connectivity index (χ1v) is 10.1. The number of fused-ring (bicyclic) bond motifs is 1. The summed E-state index contributed by atoms with van der Waals surface area (Å²) in [5.74, 6) is -4.32. The van der Waals surface area contributed by atoms with Crippen LogP contribution in [0.25, 0.3) is 0 Å². The number of hydrogen-bond acceptors (Lipinski definition) is 6. The van der Waals surface area contributed by atoms with Crippen LogP contribution < -0.4 is 9.80 Å². The normalized spacial score (nSPS) is 18.1. The van der Waals surface area contributed by atoms with E-state index in [0.717, 1.165) is 11.8 Å². The average molecular weight is 442 g/mol. The zero-order valence-electron chi connectivity index (χ0n) is 18.0. The summed E-state index contributed by atoms with van der Waals surface area (Å²) in [5.41, 5.74) is 1.42. The van der Waals surface area contributed by atoms with Crippen molar-refractivity contribution in [3.8, 4) is 0 Å². The van der Waals surface area contributed by atoms with Crippen LogP contribution in [-0.2, 0) is 12.4 Å². The molecule has 0 aliphatic carbocycles. The van der Waals surface area contributed by atoms with Crippen molar-refractivity contribution in [2.75, 3.05) is 37.5 Å². The van der Waals surface area contributed by atoms with Crippen LogP contribution in [0, 0.1) is 11.6 Å². The summed E-state index contributed by atoms with van der Waals surface area (Å²) >= 11 is 0. The highest BCUT2D eigenvalue weighted by molar-refractivity contribution is 6.03. The number of amides is 1. The fourth-order valence-corrected chi connectivity index (χ4v) is 3.98. The molecule has 0 spiro atoms. The molecule has 1 aromatic heterocycles. The third-order valence-corrected chi connectivity index (χ3v) is 5.71. The van der Waals surface area contributed by atoms with Crippen LogP contribution in [-0.4, -0.2) is 58.4 Å². The quantitative estimate of drug-likeness (QED) is 0.632. The summed E-state index contributed by atoms with van der Waals surface area (Å²) in [6.45, 7) is 0.549. The predicted octanol–water partition coefficient (Wildman–Crippen LogP) is 2.41. The van der Waals surface area contributed by atoms with E-state index < -0.39 is 23.4 Å². The monoisotopic (exact) mass is 442 g/mol. The summed E-state index contributed by atoms with van der Waals surface area (Å²) in [6, 6.07) is 8.18. The molecule has 0 radical (unpaired) electrons. The van der Waals surface area contributed by atoms with E-state index in [1.54, 1.807) is 36.3 Å². The largest absolute Gasteiger partial charge is 0.378 e. The average Bonchev–Trinajstić information content (AvgIpc) is 3.27. The molecule has 168 valence electrons. The molecule has 0 saturated heterocycles. The van der Waals surface area contributed by atoms with E-state index in [1.165, 1.54) is 22.2 Å². The Morgan fingerprint density at radius 1 is 1.12 bits per heavy atom. The number of carbonyl (C=O) groups is 1. The fourth-order valence-electron chi connectivity index (χ4n) is 3.98. The molecule has 1 unspecified atom stereocenters. The second-order valence-corrected chi connectivity index (χ2v) is 7.88. The van der Waals surface area contributed by atoms with Crippen LogP contribution in [0.1, 0.15) is 22.3 Å². The number of aryl methyl sites for hydroxylation is 1. The van der Waals surface area contributed by atoms with Crippen LogP contribution >= 0.6 is 0 Å².